The summed E-state index contributed by atoms with van der Waals surface area (Å²) in [5.41, 5.74) is 2.57. The molecule has 1 rings (SSSR count). The minimum absolute atomic E-state index is 0.0471. The Balaban J connectivity index is 2.60. The van der Waals surface area contributed by atoms with Gasteiger partial charge in [-0.1, -0.05) is 0 Å². The van der Waals surface area contributed by atoms with Crippen LogP contribution in [-0.4, -0.2) is 40.1 Å². The van der Waals surface area contributed by atoms with E-state index in [0.29, 0.717) is 6.54 Å². The van der Waals surface area contributed by atoms with Gasteiger partial charge < -0.3 is 15.3 Å². The summed E-state index contributed by atoms with van der Waals surface area (Å²) in [6.45, 7) is 2.24. The molecular weight excluding hydrogens is 266 g/mol. The van der Waals surface area contributed by atoms with Crippen LogP contribution in [0.3, 0.4) is 0 Å². The highest BCUT2D eigenvalue weighted by Gasteiger charge is 2.21. The summed E-state index contributed by atoms with van der Waals surface area (Å²) < 4.78 is 0. The largest absolute Gasteiger partial charge is 0.480 e. The zero-order chi connectivity index (χ0) is 14.4. The van der Waals surface area contributed by atoms with Crippen LogP contribution < -0.4 is 5.32 Å². The SMILES string of the molecule is C#CCC(NC(=O)N(C)Cc1scnc1C)C(=O)O. The maximum Gasteiger partial charge on any atom is 0.327 e. The molecule has 0 aliphatic carbocycles. The van der Waals surface area contributed by atoms with E-state index in [1.165, 1.54) is 16.2 Å². The smallest absolute Gasteiger partial charge is 0.327 e. The number of rotatable bonds is 5. The topological polar surface area (TPSA) is 82.5 Å². The van der Waals surface area contributed by atoms with Crippen LogP contribution in [-0.2, 0) is 11.3 Å². The van der Waals surface area contributed by atoms with Crippen LogP contribution in [0.5, 0.6) is 0 Å². The van der Waals surface area contributed by atoms with Gasteiger partial charge in [-0.3, -0.25) is 0 Å². The van der Waals surface area contributed by atoms with Gasteiger partial charge in [0.15, 0.2) is 0 Å². The number of carboxylic acid groups (broad SMARTS) is 1. The van der Waals surface area contributed by atoms with E-state index in [-0.39, 0.29) is 6.42 Å². The first kappa shape index (κ1) is 15.0. The van der Waals surface area contributed by atoms with Crippen LogP contribution in [0.25, 0.3) is 0 Å². The number of amides is 2. The maximum absolute atomic E-state index is 11.8. The van der Waals surface area contributed by atoms with E-state index in [1.807, 2.05) is 6.92 Å². The van der Waals surface area contributed by atoms with E-state index in [4.69, 9.17) is 11.5 Å². The Labute approximate surface area is 115 Å². The second kappa shape index (κ2) is 6.75. The third-order valence-electron chi connectivity index (χ3n) is 2.49. The molecule has 0 aliphatic rings. The molecule has 0 aromatic carbocycles. The van der Waals surface area contributed by atoms with Crippen molar-refractivity contribution in [1.29, 1.82) is 0 Å². The number of aryl methyl sites for hydroxylation is 1. The highest BCUT2D eigenvalue weighted by Crippen LogP contribution is 2.14. The Morgan fingerprint density at radius 2 is 2.37 bits per heavy atom. The lowest BCUT2D eigenvalue weighted by molar-refractivity contribution is -0.139. The lowest BCUT2D eigenvalue weighted by Gasteiger charge is -2.20. The number of nitrogens with zero attached hydrogens (tertiary/aromatic N) is 2. The average Bonchev–Trinajstić information content (AvgIpc) is 2.74. The van der Waals surface area contributed by atoms with Crippen molar-refractivity contribution in [3.63, 3.8) is 0 Å². The number of urea groups is 1. The zero-order valence-corrected chi connectivity index (χ0v) is 11.5. The van der Waals surface area contributed by atoms with Crippen molar-refractivity contribution in [2.75, 3.05) is 7.05 Å². The molecule has 19 heavy (non-hydrogen) atoms. The molecule has 0 fully saturated rings. The first-order valence-corrected chi connectivity index (χ1v) is 6.40. The number of aromatic nitrogens is 1. The van der Waals surface area contributed by atoms with Crippen molar-refractivity contribution < 1.29 is 14.7 Å². The summed E-state index contributed by atoms with van der Waals surface area (Å²) in [4.78, 5) is 29.2. The number of carbonyl (C=O) groups excluding carboxylic acids is 1. The van der Waals surface area contributed by atoms with Gasteiger partial charge >= 0.3 is 12.0 Å². The van der Waals surface area contributed by atoms with Gasteiger partial charge in [-0.05, 0) is 6.92 Å². The lowest BCUT2D eigenvalue weighted by atomic mass is 10.2. The average molecular weight is 281 g/mol. The van der Waals surface area contributed by atoms with Crippen molar-refractivity contribution in [2.45, 2.75) is 25.9 Å². The standard InChI is InChI=1S/C12H15N3O3S/c1-4-5-9(11(16)17)14-12(18)15(3)6-10-8(2)13-7-19-10/h1,7,9H,5-6H2,2-3H3,(H,14,18)(H,16,17). The van der Waals surface area contributed by atoms with E-state index in [2.05, 4.69) is 16.2 Å². The summed E-state index contributed by atoms with van der Waals surface area (Å²) in [6, 6.07) is -1.54. The zero-order valence-electron chi connectivity index (χ0n) is 10.7. The molecule has 1 aromatic heterocycles. The number of aliphatic carboxylic acids is 1. The Morgan fingerprint density at radius 1 is 1.68 bits per heavy atom. The molecule has 1 aromatic rings. The fraction of sp³-hybridized carbons (Fsp3) is 0.417. The molecule has 2 amide bonds. The normalized spacial score (nSPS) is 11.4. The first-order chi connectivity index (χ1) is 8.95. The van der Waals surface area contributed by atoms with Crippen molar-refractivity contribution in [1.82, 2.24) is 15.2 Å². The number of carboxylic acids is 1. The Bertz CT molecular complexity index is 507. The van der Waals surface area contributed by atoms with E-state index in [9.17, 15) is 9.59 Å². The van der Waals surface area contributed by atoms with Crippen LogP contribution in [0.2, 0.25) is 0 Å². The third-order valence-corrected chi connectivity index (χ3v) is 3.41. The number of hydrogen-bond acceptors (Lipinski definition) is 4. The molecule has 1 unspecified atom stereocenters. The number of carbonyl (C=O) groups is 2. The van der Waals surface area contributed by atoms with E-state index >= 15 is 0 Å². The summed E-state index contributed by atoms with van der Waals surface area (Å²) in [6.07, 6.45) is 5.02. The molecule has 0 saturated heterocycles. The van der Waals surface area contributed by atoms with Crippen molar-refractivity contribution in [3.8, 4) is 12.3 Å². The van der Waals surface area contributed by atoms with E-state index < -0.39 is 18.0 Å². The Morgan fingerprint density at radius 3 is 2.84 bits per heavy atom. The number of hydrogen-bond donors (Lipinski definition) is 2. The van der Waals surface area contributed by atoms with Gasteiger partial charge in [0.2, 0.25) is 0 Å². The van der Waals surface area contributed by atoms with Gasteiger partial charge in [0, 0.05) is 18.3 Å². The molecule has 1 heterocycles. The molecule has 6 nitrogen and oxygen atoms in total. The molecule has 1 atom stereocenters. The van der Waals surface area contributed by atoms with E-state index in [0.717, 1.165) is 10.6 Å². The quantitative estimate of drug-likeness (QED) is 0.791. The second-order valence-corrected chi connectivity index (χ2v) is 4.90. The number of terminal acetylenes is 1. The van der Waals surface area contributed by atoms with Crippen molar-refractivity contribution >= 4 is 23.3 Å². The Kier molecular flexibility index (Phi) is 5.33. The van der Waals surface area contributed by atoms with Crippen molar-refractivity contribution in [2.24, 2.45) is 0 Å². The summed E-state index contributed by atoms with van der Waals surface area (Å²) in [5.74, 6) is 1.08. The summed E-state index contributed by atoms with van der Waals surface area (Å²) >= 11 is 1.45. The molecule has 7 heteroatoms. The third kappa shape index (κ3) is 4.26. The minimum atomic E-state index is -1.14. The highest BCUT2D eigenvalue weighted by molar-refractivity contribution is 7.09. The van der Waals surface area contributed by atoms with Gasteiger partial charge in [-0.25, -0.2) is 14.6 Å². The molecule has 102 valence electrons. The molecule has 0 spiro atoms. The summed E-state index contributed by atoms with van der Waals surface area (Å²) in [7, 11) is 1.59. The molecule has 0 radical (unpaired) electrons. The van der Waals surface area contributed by atoms with Crippen LogP contribution in [0, 0.1) is 19.3 Å². The number of nitrogens with one attached hydrogen (secondary N) is 1. The first-order valence-electron chi connectivity index (χ1n) is 5.52. The summed E-state index contributed by atoms with van der Waals surface area (Å²) in [5, 5.41) is 11.3. The van der Waals surface area contributed by atoms with Crippen LogP contribution in [0.15, 0.2) is 5.51 Å². The maximum atomic E-state index is 11.8. The van der Waals surface area contributed by atoms with Crippen LogP contribution >= 0.6 is 11.3 Å². The molecule has 0 aliphatic heterocycles. The fourth-order valence-corrected chi connectivity index (χ4v) is 2.17. The van der Waals surface area contributed by atoms with Gasteiger partial charge in [0.25, 0.3) is 0 Å². The van der Waals surface area contributed by atoms with E-state index in [1.54, 1.807) is 12.6 Å². The van der Waals surface area contributed by atoms with Gasteiger partial charge in [0.05, 0.1) is 17.7 Å². The lowest BCUT2D eigenvalue weighted by Crippen LogP contribution is -2.46. The van der Waals surface area contributed by atoms with Crippen LogP contribution in [0.4, 0.5) is 4.79 Å². The second-order valence-electron chi connectivity index (χ2n) is 3.97. The van der Waals surface area contributed by atoms with Gasteiger partial charge in [0.1, 0.15) is 6.04 Å². The van der Waals surface area contributed by atoms with Crippen LogP contribution in [0.1, 0.15) is 17.0 Å². The molecule has 0 bridgehead atoms. The highest BCUT2D eigenvalue weighted by atomic mass is 32.1. The molecule has 0 saturated carbocycles. The van der Waals surface area contributed by atoms with Gasteiger partial charge in [-0.15, -0.1) is 23.7 Å². The molecular formula is C12H15N3O3S. The Hall–Kier alpha value is -2.07. The minimum Gasteiger partial charge on any atom is -0.480 e. The van der Waals surface area contributed by atoms with Gasteiger partial charge in [-0.2, -0.15) is 0 Å². The fourth-order valence-electron chi connectivity index (χ4n) is 1.34. The predicted octanol–water partition coefficient (Wildman–Crippen LogP) is 1.07. The van der Waals surface area contributed by atoms with Crippen molar-refractivity contribution in [3.05, 3.63) is 16.1 Å². The number of thiazole rings is 1. The monoisotopic (exact) mass is 281 g/mol. The predicted molar refractivity (Wildman–Crippen MR) is 71.7 cm³/mol. The molecule has 2 N–H and O–H groups in total.